The first-order valence-corrected chi connectivity index (χ1v) is 20.4. The Bertz CT molecular complexity index is 888. The van der Waals surface area contributed by atoms with Gasteiger partial charge in [0.2, 0.25) is 17.7 Å². The van der Waals surface area contributed by atoms with Gasteiger partial charge in [-0.25, -0.2) is 0 Å². The van der Waals surface area contributed by atoms with E-state index in [0.29, 0.717) is 91.9 Å². The van der Waals surface area contributed by atoms with E-state index in [-0.39, 0.29) is 43.3 Å². The highest BCUT2D eigenvalue weighted by molar-refractivity contribution is 5.78. The maximum atomic E-state index is 12.7. The third kappa shape index (κ3) is 31.4. The minimum Gasteiger partial charge on any atom is -0.396 e. The van der Waals surface area contributed by atoms with Crippen LogP contribution in [-0.2, 0) is 38.1 Å². The summed E-state index contributed by atoms with van der Waals surface area (Å²) in [6, 6.07) is 0. The van der Waals surface area contributed by atoms with Crippen LogP contribution in [0.25, 0.3) is 0 Å². The minimum atomic E-state index is -0.244. The summed E-state index contributed by atoms with van der Waals surface area (Å²) in [7, 11) is 0. The largest absolute Gasteiger partial charge is 0.396 e. The summed E-state index contributed by atoms with van der Waals surface area (Å²) in [6.07, 6.45) is 22.1. The van der Waals surface area contributed by atoms with E-state index in [9.17, 15) is 19.2 Å². The fraction of sp³-hybridized carbons (Fsp3) is 0.897. The lowest BCUT2D eigenvalue weighted by atomic mass is 10.0. The number of hydrogen-bond donors (Lipinski definition) is 3. The number of ketones is 1. The highest BCUT2D eigenvalue weighted by Gasteiger charge is 2.22. The molecule has 3 amide bonds. The number of hydrogen-bond acceptors (Lipinski definition) is 10. The van der Waals surface area contributed by atoms with Gasteiger partial charge >= 0.3 is 0 Å². The second-order valence-corrected chi connectivity index (χ2v) is 13.9. The van der Waals surface area contributed by atoms with Crippen LogP contribution in [0.4, 0.5) is 0 Å². The molecule has 0 spiro atoms. The molecule has 52 heavy (non-hydrogen) atoms. The molecule has 0 bridgehead atoms. The average Bonchev–Trinajstić information content (AvgIpc) is 3.13. The Hall–Kier alpha value is -2.16. The van der Waals surface area contributed by atoms with Crippen LogP contribution in [0.5, 0.6) is 0 Å². The molecule has 13 heteroatoms. The Morgan fingerprint density at radius 2 is 0.942 bits per heavy atom. The van der Waals surface area contributed by atoms with E-state index in [1.807, 2.05) is 4.90 Å². The Morgan fingerprint density at radius 3 is 1.42 bits per heavy atom. The first kappa shape index (κ1) is 47.9. The topological polar surface area (TPSA) is 156 Å². The van der Waals surface area contributed by atoms with Crippen LogP contribution in [-0.4, -0.2) is 144 Å². The lowest BCUT2D eigenvalue weighted by Gasteiger charge is -2.34. The van der Waals surface area contributed by atoms with Gasteiger partial charge in [-0.3, -0.25) is 24.1 Å². The molecule has 0 saturated carbocycles. The maximum absolute atomic E-state index is 12.7. The number of Topliss-reactive ketones (excluding diaryl/α,β-unsaturated/α-hetero) is 1. The summed E-state index contributed by atoms with van der Waals surface area (Å²) in [6.45, 7) is 7.59. The van der Waals surface area contributed by atoms with Crippen molar-refractivity contribution in [2.45, 2.75) is 122 Å². The van der Waals surface area contributed by atoms with Gasteiger partial charge in [0.05, 0.1) is 46.2 Å². The molecule has 0 radical (unpaired) electrons. The molecule has 0 aromatic heterocycles. The van der Waals surface area contributed by atoms with Gasteiger partial charge in [-0.2, -0.15) is 0 Å². The van der Waals surface area contributed by atoms with Crippen LogP contribution in [0.15, 0.2) is 0 Å². The molecule has 0 aliphatic carbocycles. The molecule has 1 aliphatic heterocycles. The molecule has 1 saturated heterocycles. The number of piperazine rings is 1. The molecule has 1 fully saturated rings. The first-order chi connectivity index (χ1) is 25.4. The van der Waals surface area contributed by atoms with Gasteiger partial charge < -0.3 is 39.6 Å². The van der Waals surface area contributed by atoms with Crippen LogP contribution >= 0.6 is 0 Å². The van der Waals surface area contributed by atoms with E-state index in [1.54, 1.807) is 0 Å². The lowest BCUT2D eigenvalue weighted by molar-refractivity contribution is -0.133. The zero-order valence-corrected chi connectivity index (χ0v) is 32.6. The fourth-order valence-corrected chi connectivity index (χ4v) is 6.01. The number of carbonyl (C=O) groups excluding carboxylic acids is 4. The molecule has 304 valence electrons. The highest BCUT2D eigenvalue weighted by Crippen LogP contribution is 2.15. The molecule has 0 aromatic carbocycles. The van der Waals surface area contributed by atoms with Crippen molar-refractivity contribution < 1.29 is 43.2 Å². The van der Waals surface area contributed by atoms with Crippen molar-refractivity contribution in [1.29, 1.82) is 0 Å². The number of nitrogens with one attached hydrogen (secondary N) is 2. The average molecular weight is 743 g/mol. The molecule has 1 heterocycles. The number of rotatable bonds is 37. The van der Waals surface area contributed by atoms with Crippen LogP contribution in [0.2, 0.25) is 0 Å². The quantitative estimate of drug-likeness (QED) is 0.0795. The summed E-state index contributed by atoms with van der Waals surface area (Å²) in [5.74, 6) is -0.0975. The van der Waals surface area contributed by atoms with E-state index in [4.69, 9.17) is 24.1 Å². The smallest absolute Gasteiger partial charge is 0.246 e. The Balaban J connectivity index is 1.85. The van der Waals surface area contributed by atoms with Crippen LogP contribution in [0, 0.1) is 0 Å². The molecule has 0 unspecified atom stereocenters. The van der Waals surface area contributed by atoms with Gasteiger partial charge in [0.25, 0.3) is 0 Å². The second kappa shape index (κ2) is 35.8. The Kier molecular flexibility index (Phi) is 33.0. The predicted molar refractivity (Wildman–Crippen MR) is 203 cm³/mol. The molecule has 13 nitrogen and oxygen atoms in total. The number of ether oxygens (including phenoxy) is 4. The minimum absolute atomic E-state index is 0.0334. The van der Waals surface area contributed by atoms with Crippen LogP contribution in [0.3, 0.4) is 0 Å². The van der Waals surface area contributed by atoms with Crippen molar-refractivity contribution in [2.75, 3.05) is 105 Å². The van der Waals surface area contributed by atoms with E-state index in [0.717, 1.165) is 19.3 Å². The molecule has 0 atom stereocenters. The third-order valence-electron chi connectivity index (χ3n) is 9.06. The third-order valence-corrected chi connectivity index (χ3v) is 9.06. The monoisotopic (exact) mass is 743 g/mol. The maximum Gasteiger partial charge on any atom is 0.246 e. The van der Waals surface area contributed by atoms with Crippen LogP contribution < -0.4 is 10.6 Å². The van der Waals surface area contributed by atoms with E-state index >= 15 is 0 Å². The van der Waals surface area contributed by atoms with Gasteiger partial charge in [0.15, 0.2) is 5.78 Å². The molecule has 1 rings (SSSR count). The number of aliphatic hydroxyl groups excluding tert-OH is 1. The number of aliphatic hydroxyl groups is 1. The fourth-order valence-electron chi connectivity index (χ4n) is 6.01. The zero-order chi connectivity index (χ0) is 37.7. The normalized spacial score (nSPS) is 13.4. The summed E-state index contributed by atoms with van der Waals surface area (Å²) in [4.78, 5) is 51.6. The number of amides is 3. The Labute approximate surface area is 314 Å². The zero-order valence-electron chi connectivity index (χ0n) is 32.6. The highest BCUT2D eigenvalue weighted by atomic mass is 16.5. The Morgan fingerprint density at radius 1 is 0.519 bits per heavy atom. The second-order valence-electron chi connectivity index (χ2n) is 13.9. The van der Waals surface area contributed by atoms with Crippen molar-refractivity contribution in [2.24, 2.45) is 0 Å². The standard InChI is InChI=1S/C39H74N4O9/c1-36(45)34-51-31-29-50-28-21-41-38(47)35-52-32-30-49-27-20-40-37(46)33-42-22-24-43(25-23-42)39(48)19-17-15-13-11-9-7-5-3-2-4-6-8-10-12-14-16-18-26-44/h44H,2-35H2,1H3,(H,40,46)(H,41,47). The SMILES string of the molecule is CC(=O)COCCOCCNC(=O)COCCOCCNC(=O)CN1CCN(C(=O)CCCCCCCCCCCCCCCCCCCO)CC1. The molecule has 0 aromatic rings. The van der Waals surface area contributed by atoms with Gasteiger partial charge in [0.1, 0.15) is 13.2 Å². The predicted octanol–water partition coefficient (Wildman–Crippen LogP) is 4.03. The molecular formula is C39H74N4O9. The van der Waals surface area contributed by atoms with E-state index < -0.39 is 0 Å². The summed E-state index contributed by atoms with van der Waals surface area (Å²) < 4.78 is 21.2. The summed E-state index contributed by atoms with van der Waals surface area (Å²) in [5.41, 5.74) is 0. The van der Waals surface area contributed by atoms with Crippen molar-refractivity contribution in [3.05, 3.63) is 0 Å². The first-order valence-electron chi connectivity index (χ1n) is 20.4. The van der Waals surface area contributed by atoms with Crippen molar-refractivity contribution >= 4 is 23.5 Å². The number of unbranched alkanes of at least 4 members (excludes halogenated alkanes) is 16. The van der Waals surface area contributed by atoms with Gasteiger partial charge in [-0.15, -0.1) is 0 Å². The van der Waals surface area contributed by atoms with Crippen molar-refractivity contribution in [3.8, 4) is 0 Å². The van der Waals surface area contributed by atoms with E-state index in [2.05, 4.69) is 15.5 Å². The number of nitrogens with zero attached hydrogens (tertiary/aromatic N) is 2. The molecule has 3 N–H and O–H groups in total. The summed E-state index contributed by atoms with van der Waals surface area (Å²) in [5, 5.41) is 14.4. The molecular weight excluding hydrogens is 668 g/mol. The van der Waals surface area contributed by atoms with Gasteiger partial charge in [-0.1, -0.05) is 96.3 Å². The molecule has 1 aliphatic rings. The van der Waals surface area contributed by atoms with E-state index in [1.165, 1.54) is 96.8 Å². The number of carbonyl (C=O) groups is 4. The van der Waals surface area contributed by atoms with Crippen LogP contribution in [0.1, 0.15) is 122 Å². The lowest BCUT2D eigenvalue weighted by Crippen LogP contribution is -2.51. The van der Waals surface area contributed by atoms with Crippen molar-refractivity contribution in [3.63, 3.8) is 0 Å². The van der Waals surface area contributed by atoms with Crippen molar-refractivity contribution in [1.82, 2.24) is 20.4 Å². The van der Waals surface area contributed by atoms with Gasteiger partial charge in [0, 0.05) is 52.3 Å². The van der Waals surface area contributed by atoms with Gasteiger partial charge in [-0.05, 0) is 19.8 Å². The summed E-state index contributed by atoms with van der Waals surface area (Å²) >= 11 is 0.